The van der Waals surface area contributed by atoms with Gasteiger partial charge in [-0.15, -0.1) is 0 Å². The molecule has 90 valence electrons. The number of hydrogen-bond acceptors (Lipinski definition) is 4. The highest BCUT2D eigenvalue weighted by Gasteiger charge is 2.18. The Morgan fingerprint density at radius 3 is 2.65 bits per heavy atom. The molecule has 17 heavy (non-hydrogen) atoms. The molecule has 0 saturated heterocycles. The van der Waals surface area contributed by atoms with E-state index in [1.807, 2.05) is 0 Å². The Balaban J connectivity index is 2.82. The van der Waals surface area contributed by atoms with Gasteiger partial charge in [-0.3, -0.25) is 0 Å². The zero-order chi connectivity index (χ0) is 12.6. The van der Waals surface area contributed by atoms with Crippen LogP contribution >= 0.6 is 0 Å². The van der Waals surface area contributed by atoms with Crippen LogP contribution in [0.15, 0.2) is 18.2 Å². The van der Waals surface area contributed by atoms with Gasteiger partial charge < -0.3 is 8.74 Å². The molecule has 0 aliphatic heterocycles. The minimum Gasteiger partial charge on any atom is -0.740 e. The third-order valence-electron chi connectivity index (χ3n) is 1.99. The molecule has 0 saturated carbocycles. The lowest BCUT2D eigenvalue weighted by Crippen LogP contribution is -2.04. The van der Waals surface area contributed by atoms with E-state index in [0.29, 0.717) is 0 Å². The Bertz CT molecular complexity index is 620. The van der Waals surface area contributed by atoms with Crippen molar-refractivity contribution >= 4 is 22.1 Å². The molecule has 2 rings (SSSR count). The molecule has 0 spiro atoms. The van der Waals surface area contributed by atoms with Gasteiger partial charge in [-0.25, -0.2) is 13.0 Å². The van der Waals surface area contributed by atoms with Gasteiger partial charge in [0.1, 0.15) is 17.2 Å². The van der Waals surface area contributed by atoms with Crippen LogP contribution in [-0.4, -0.2) is 13.7 Å². The van der Waals surface area contributed by atoms with Gasteiger partial charge in [0.2, 0.25) is 5.88 Å². The molecule has 0 N–H and O–H groups in total. The fourth-order valence-electron chi connectivity index (χ4n) is 1.36. The molecule has 0 fully saturated rings. The maximum atomic E-state index is 13.3. The summed E-state index contributed by atoms with van der Waals surface area (Å²) < 4.78 is 64.4. The lowest BCUT2D eigenvalue weighted by molar-refractivity contribution is 0.421. The van der Waals surface area contributed by atoms with Crippen LogP contribution in [0.3, 0.4) is 0 Å². The van der Waals surface area contributed by atoms with Crippen molar-refractivity contribution in [3.05, 3.63) is 35.8 Å². The van der Waals surface area contributed by atoms with Crippen LogP contribution in [0, 0.1) is 17.6 Å². The minimum absolute atomic E-state index is 0.270. The Kier molecular flexibility index (Phi) is 2.99. The Morgan fingerprint density at radius 1 is 1.29 bits per heavy atom. The monoisotopic (exact) mass is 262 g/mol. The number of halogens is 3. The maximum absolute atomic E-state index is 13.3. The summed E-state index contributed by atoms with van der Waals surface area (Å²) in [5, 5.41) is -0.978. The van der Waals surface area contributed by atoms with E-state index >= 15 is 0 Å². The van der Waals surface area contributed by atoms with E-state index in [-0.39, 0.29) is 5.39 Å². The number of benzene rings is 1. The van der Waals surface area contributed by atoms with E-state index in [0.717, 1.165) is 12.1 Å². The van der Waals surface area contributed by atoms with Gasteiger partial charge in [0.15, 0.2) is 5.82 Å². The largest absolute Gasteiger partial charge is 0.740 e. The number of hydrogen-bond donors (Lipinski definition) is 0. The quantitative estimate of drug-likeness (QED) is 0.611. The topological polar surface area (TPSA) is 62.2 Å². The summed E-state index contributed by atoms with van der Waals surface area (Å²) in [6, 6.07) is 3.26. The number of fused-ring (bicyclic) bond motifs is 1. The van der Waals surface area contributed by atoms with Gasteiger partial charge in [-0.2, -0.15) is 9.37 Å². The van der Waals surface area contributed by atoms with Gasteiger partial charge in [0.05, 0.1) is 10.8 Å². The normalized spacial score (nSPS) is 12.7. The molecular weight excluding hydrogens is 259 g/mol. The second-order valence-corrected chi connectivity index (χ2v) is 3.55. The summed E-state index contributed by atoms with van der Waals surface area (Å²) in [4.78, 5) is 2.96. The molecule has 1 aromatic carbocycles. The molecule has 4 nitrogen and oxygen atoms in total. The maximum Gasteiger partial charge on any atom is 0.253 e. The third-order valence-corrected chi connectivity index (χ3v) is 2.29. The Labute approximate surface area is 95.5 Å². The van der Waals surface area contributed by atoms with Crippen molar-refractivity contribution in [3.8, 4) is 5.88 Å². The van der Waals surface area contributed by atoms with Crippen LogP contribution in [0.1, 0.15) is 0 Å². The minimum atomic E-state index is -3.02. The third kappa shape index (κ3) is 2.08. The summed E-state index contributed by atoms with van der Waals surface area (Å²) in [6.07, 6.45) is 0. The van der Waals surface area contributed by atoms with Gasteiger partial charge in [0, 0.05) is 0 Å². The van der Waals surface area contributed by atoms with Crippen molar-refractivity contribution in [2.45, 2.75) is 0 Å². The van der Waals surface area contributed by atoms with E-state index in [9.17, 15) is 21.9 Å². The van der Waals surface area contributed by atoms with Crippen molar-refractivity contribution in [3.63, 3.8) is 0 Å². The molecule has 2 aromatic rings. The van der Waals surface area contributed by atoms with E-state index in [1.165, 1.54) is 6.07 Å². The average Bonchev–Trinajstić information content (AvgIpc) is 2.24. The molecular formula is C9H3F3NO3S-. The average molecular weight is 262 g/mol. The second kappa shape index (κ2) is 4.30. The molecule has 1 unspecified atom stereocenters. The Hall–Kier alpha value is -1.67. The van der Waals surface area contributed by atoms with Crippen LogP contribution in [0.2, 0.25) is 0 Å². The van der Waals surface area contributed by atoms with Gasteiger partial charge in [-0.05, 0) is 12.1 Å². The van der Waals surface area contributed by atoms with Crippen molar-refractivity contribution in [1.29, 1.82) is 0 Å². The zero-order valence-electron chi connectivity index (χ0n) is 7.95. The summed E-state index contributed by atoms with van der Waals surface area (Å²) in [6.45, 7) is 0. The number of aromatic nitrogens is 1. The molecule has 0 radical (unpaired) electrons. The highest BCUT2D eigenvalue weighted by molar-refractivity contribution is 7.74. The van der Waals surface area contributed by atoms with Crippen LogP contribution in [-0.2, 0) is 11.4 Å². The van der Waals surface area contributed by atoms with Crippen molar-refractivity contribution in [1.82, 2.24) is 4.98 Å². The van der Waals surface area contributed by atoms with E-state index < -0.39 is 40.2 Å². The predicted molar refractivity (Wildman–Crippen MR) is 51.2 cm³/mol. The summed E-state index contributed by atoms with van der Waals surface area (Å²) >= 11 is -3.02. The Morgan fingerprint density at radius 2 is 2.00 bits per heavy atom. The van der Waals surface area contributed by atoms with Crippen LogP contribution in [0.5, 0.6) is 5.88 Å². The van der Waals surface area contributed by atoms with E-state index in [2.05, 4.69) is 9.17 Å². The molecule has 0 aliphatic carbocycles. The fourth-order valence-corrected chi connectivity index (χ4v) is 1.61. The SMILES string of the molecule is O=S([O-])Oc1nc(F)c(F)c2c(F)cccc12. The van der Waals surface area contributed by atoms with Gasteiger partial charge >= 0.3 is 0 Å². The molecule has 0 amide bonds. The molecule has 1 aromatic heterocycles. The molecule has 1 atom stereocenters. The number of rotatable bonds is 2. The molecule has 0 aliphatic rings. The first-order valence-electron chi connectivity index (χ1n) is 4.21. The highest BCUT2D eigenvalue weighted by atomic mass is 32.2. The lowest BCUT2D eigenvalue weighted by Gasteiger charge is -2.10. The molecule has 1 heterocycles. The zero-order valence-corrected chi connectivity index (χ0v) is 8.76. The first-order chi connectivity index (χ1) is 8.00. The van der Waals surface area contributed by atoms with Crippen molar-refractivity contribution in [2.75, 3.05) is 0 Å². The summed E-state index contributed by atoms with van der Waals surface area (Å²) in [5.41, 5.74) is 0. The van der Waals surface area contributed by atoms with Gasteiger partial charge in [0.25, 0.3) is 5.95 Å². The number of pyridine rings is 1. The van der Waals surface area contributed by atoms with Crippen molar-refractivity contribution in [2.24, 2.45) is 0 Å². The van der Waals surface area contributed by atoms with Crippen LogP contribution in [0.4, 0.5) is 13.2 Å². The van der Waals surface area contributed by atoms with E-state index in [4.69, 9.17) is 0 Å². The van der Waals surface area contributed by atoms with Crippen LogP contribution in [0.25, 0.3) is 10.8 Å². The smallest absolute Gasteiger partial charge is 0.253 e. The summed E-state index contributed by atoms with van der Waals surface area (Å²) in [5.74, 6) is -4.89. The van der Waals surface area contributed by atoms with Crippen molar-refractivity contribution < 1.29 is 26.1 Å². The van der Waals surface area contributed by atoms with Crippen LogP contribution < -0.4 is 4.18 Å². The first kappa shape index (κ1) is 11.8. The lowest BCUT2D eigenvalue weighted by atomic mass is 10.1. The molecule has 0 bridgehead atoms. The van der Waals surface area contributed by atoms with E-state index in [1.54, 1.807) is 0 Å². The summed E-state index contributed by atoms with van der Waals surface area (Å²) in [7, 11) is 0. The predicted octanol–water partition coefficient (Wildman–Crippen LogP) is 1.82. The first-order valence-corrected chi connectivity index (χ1v) is 5.21. The fraction of sp³-hybridized carbons (Fsp3) is 0. The molecule has 8 heteroatoms. The highest BCUT2D eigenvalue weighted by Crippen LogP contribution is 2.29. The second-order valence-electron chi connectivity index (χ2n) is 2.97. The number of nitrogens with zero attached hydrogens (tertiary/aromatic N) is 1. The van der Waals surface area contributed by atoms with Gasteiger partial charge in [-0.1, -0.05) is 6.07 Å². The standard InChI is InChI=1S/C9H4F3NO3S/c10-5-3-1-2-4-6(5)7(11)8(12)13-9(4)16-17(14)15/h1-3H,(H,14,15)/p-1.